The Labute approximate surface area is 196 Å². The molecule has 6 aromatic carbocycles. The van der Waals surface area contributed by atoms with Crippen molar-refractivity contribution in [3.63, 3.8) is 0 Å². The van der Waals surface area contributed by atoms with Crippen LogP contribution in [0, 0.1) is 0 Å². The second-order valence-electron chi connectivity index (χ2n) is 8.61. The number of fused-ring (bicyclic) bond motifs is 6. The highest BCUT2D eigenvalue weighted by molar-refractivity contribution is 7.25. The van der Waals surface area contributed by atoms with Crippen LogP contribution in [0.25, 0.3) is 64.0 Å². The summed E-state index contributed by atoms with van der Waals surface area (Å²) in [6.45, 7) is 0. The van der Waals surface area contributed by atoms with E-state index in [-0.39, 0.29) is 0 Å². The summed E-state index contributed by atoms with van der Waals surface area (Å²) in [6.07, 6.45) is 0. The largest absolute Gasteiger partial charge is 0.135 e. The molecule has 0 aliphatic heterocycles. The van der Waals surface area contributed by atoms with Gasteiger partial charge in [0.2, 0.25) is 0 Å². The third-order valence-electron chi connectivity index (χ3n) is 6.67. The van der Waals surface area contributed by atoms with Crippen molar-refractivity contribution in [2.75, 3.05) is 0 Å². The van der Waals surface area contributed by atoms with E-state index in [2.05, 4.69) is 121 Å². The Hall–Kier alpha value is -3.94. The summed E-state index contributed by atoms with van der Waals surface area (Å²) in [5.74, 6) is 0. The number of hydrogen-bond donors (Lipinski definition) is 0. The fraction of sp³-hybridized carbons (Fsp3) is 0. The summed E-state index contributed by atoms with van der Waals surface area (Å²) in [5, 5.41) is 7.89. The number of hydrogen-bond acceptors (Lipinski definition) is 1. The minimum atomic E-state index is 1.25. The molecule has 0 atom stereocenters. The monoisotopic (exact) mass is 436 g/mol. The smallest absolute Gasteiger partial charge is 0.0355 e. The maximum Gasteiger partial charge on any atom is 0.0355 e. The van der Waals surface area contributed by atoms with E-state index in [9.17, 15) is 0 Å². The maximum absolute atomic E-state index is 2.34. The molecule has 0 bridgehead atoms. The van der Waals surface area contributed by atoms with Crippen molar-refractivity contribution >= 4 is 53.1 Å². The zero-order valence-corrected chi connectivity index (χ0v) is 18.8. The first-order valence-electron chi connectivity index (χ1n) is 11.3. The van der Waals surface area contributed by atoms with E-state index in [1.165, 1.54) is 64.0 Å². The van der Waals surface area contributed by atoms with E-state index < -0.39 is 0 Å². The van der Waals surface area contributed by atoms with Gasteiger partial charge in [0, 0.05) is 20.2 Å². The van der Waals surface area contributed by atoms with Gasteiger partial charge < -0.3 is 0 Å². The van der Waals surface area contributed by atoms with Crippen LogP contribution in [-0.4, -0.2) is 0 Å². The molecule has 0 nitrogen and oxygen atoms in total. The summed E-state index contributed by atoms with van der Waals surface area (Å²) in [5.41, 5.74) is 5.02. The van der Waals surface area contributed by atoms with E-state index in [1.807, 2.05) is 11.3 Å². The summed E-state index contributed by atoms with van der Waals surface area (Å²) in [6, 6.07) is 44.4. The Bertz CT molecular complexity index is 1800. The van der Waals surface area contributed by atoms with Crippen LogP contribution in [0.2, 0.25) is 0 Å². The molecule has 0 saturated heterocycles. The molecule has 0 saturated carbocycles. The predicted octanol–water partition coefficient (Wildman–Crippen LogP) is 9.69. The van der Waals surface area contributed by atoms with Gasteiger partial charge in [-0.3, -0.25) is 0 Å². The van der Waals surface area contributed by atoms with Crippen LogP contribution in [0.15, 0.2) is 121 Å². The van der Waals surface area contributed by atoms with Crippen LogP contribution in [0.3, 0.4) is 0 Å². The van der Waals surface area contributed by atoms with Gasteiger partial charge in [0.05, 0.1) is 0 Å². The minimum absolute atomic E-state index is 1.25. The topological polar surface area (TPSA) is 0 Å². The normalized spacial score (nSPS) is 11.6. The van der Waals surface area contributed by atoms with Crippen LogP contribution < -0.4 is 0 Å². The molecule has 0 unspecified atom stereocenters. The molecule has 7 rings (SSSR count). The molecule has 1 heterocycles. The molecule has 0 aliphatic rings. The van der Waals surface area contributed by atoms with Gasteiger partial charge in [0.1, 0.15) is 0 Å². The van der Waals surface area contributed by atoms with Crippen LogP contribution >= 0.6 is 11.3 Å². The first kappa shape index (κ1) is 18.6. The molecule has 0 fully saturated rings. The average molecular weight is 437 g/mol. The van der Waals surface area contributed by atoms with Crippen molar-refractivity contribution < 1.29 is 0 Å². The summed E-state index contributed by atoms with van der Waals surface area (Å²) < 4.78 is 2.70. The third kappa shape index (κ3) is 3.05. The van der Waals surface area contributed by atoms with Crippen LogP contribution in [0.4, 0.5) is 0 Å². The zero-order chi connectivity index (χ0) is 21.8. The van der Waals surface area contributed by atoms with E-state index in [4.69, 9.17) is 0 Å². The molecule has 0 spiro atoms. The highest BCUT2D eigenvalue weighted by Crippen LogP contribution is 2.37. The Morgan fingerprint density at radius 1 is 0.333 bits per heavy atom. The van der Waals surface area contributed by atoms with Crippen LogP contribution in [-0.2, 0) is 0 Å². The van der Waals surface area contributed by atoms with Crippen molar-refractivity contribution in [1.29, 1.82) is 0 Å². The average Bonchev–Trinajstić information content (AvgIpc) is 3.26. The van der Waals surface area contributed by atoms with Crippen molar-refractivity contribution in [2.24, 2.45) is 0 Å². The first-order chi connectivity index (χ1) is 16.3. The Morgan fingerprint density at radius 2 is 0.909 bits per heavy atom. The Balaban J connectivity index is 1.28. The molecule has 1 heteroatoms. The van der Waals surface area contributed by atoms with Gasteiger partial charge >= 0.3 is 0 Å². The molecule has 33 heavy (non-hydrogen) atoms. The summed E-state index contributed by atoms with van der Waals surface area (Å²) in [7, 11) is 0. The quantitative estimate of drug-likeness (QED) is 0.237. The van der Waals surface area contributed by atoms with Crippen LogP contribution in [0.1, 0.15) is 0 Å². The van der Waals surface area contributed by atoms with Gasteiger partial charge in [0.25, 0.3) is 0 Å². The van der Waals surface area contributed by atoms with Gasteiger partial charge in [-0.15, -0.1) is 11.3 Å². The highest BCUT2D eigenvalue weighted by Gasteiger charge is 2.08. The molecule has 154 valence electrons. The SMILES string of the molecule is c1ccc2c(c1)ccc1cc(-c3ccc(-c4ccc5sc6ccccc6c5c4)cc3)ccc12. The van der Waals surface area contributed by atoms with Crippen molar-refractivity contribution in [3.8, 4) is 22.3 Å². The van der Waals surface area contributed by atoms with Gasteiger partial charge in [-0.05, 0) is 68.1 Å². The minimum Gasteiger partial charge on any atom is -0.135 e. The number of benzene rings is 6. The second kappa shape index (κ2) is 7.30. The lowest BCUT2D eigenvalue weighted by Gasteiger charge is -2.09. The molecule has 0 N–H and O–H groups in total. The molecular weight excluding hydrogens is 416 g/mol. The summed E-state index contributed by atoms with van der Waals surface area (Å²) in [4.78, 5) is 0. The molecule has 0 aliphatic carbocycles. The fourth-order valence-corrected chi connectivity index (χ4v) is 6.04. The Kier molecular flexibility index (Phi) is 4.12. The van der Waals surface area contributed by atoms with Crippen molar-refractivity contribution in [1.82, 2.24) is 0 Å². The van der Waals surface area contributed by atoms with Gasteiger partial charge in [-0.2, -0.15) is 0 Å². The van der Waals surface area contributed by atoms with Crippen LogP contribution in [0.5, 0.6) is 0 Å². The molecule has 1 aromatic heterocycles. The lowest BCUT2D eigenvalue weighted by atomic mass is 9.96. The van der Waals surface area contributed by atoms with Crippen molar-refractivity contribution in [2.45, 2.75) is 0 Å². The van der Waals surface area contributed by atoms with Gasteiger partial charge in [-0.25, -0.2) is 0 Å². The van der Waals surface area contributed by atoms with E-state index in [1.54, 1.807) is 0 Å². The van der Waals surface area contributed by atoms with E-state index in [0.717, 1.165) is 0 Å². The van der Waals surface area contributed by atoms with Crippen molar-refractivity contribution in [3.05, 3.63) is 121 Å². The zero-order valence-electron chi connectivity index (χ0n) is 18.0. The molecule has 0 amide bonds. The van der Waals surface area contributed by atoms with Gasteiger partial charge in [-0.1, -0.05) is 97.1 Å². The fourth-order valence-electron chi connectivity index (χ4n) is 4.95. The lowest BCUT2D eigenvalue weighted by Crippen LogP contribution is -1.83. The number of thiophene rings is 1. The molecule has 0 radical (unpaired) electrons. The Morgan fingerprint density at radius 3 is 1.76 bits per heavy atom. The van der Waals surface area contributed by atoms with Gasteiger partial charge in [0.15, 0.2) is 0 Å². The second-order valence-corrected chi connectivity index (χ2v) is 9.69. The lowest BCUT2D eigenvalue weighted by molar-refractivity contribution is 1.62. The highest BCUT2D eigenvalue weighted by atomic mass is 32.1. The first-order valence-corrected chi connectivity index (χ1v) is 12.1. The third-order valence-corrected chi connectivity index (χ3v) is 7.83. The maximum atomic E-state index is 2.34. The predicted molar refractivity (Wildman–Crippen MR) is 145 cm³/mol. The van der Waals surface area contributed by atoms with E-state index >= 15 is 0 Å². The molecule has 7 aromatic rings. The molecular formula is C32H20S. The summed E-state index contributed by atoms with van der Waals surface area (Å²) >= 11 is 1.87. The van der Waals surface area contributed by atoms with E-state index in [0.29, 0.717) is 0 Å². The number of rotatable bonds is 2. The standard InChI is InChI=1S/C32H20S/c1-2-6-27-23(5-1)13-14-26-19-24(15-17-28(26)27)21-9-11-22(12-10-21)25-16-18-32-30(20-25)29-7-3-4-8-31(29)33-32/h1-20H.